The van der Waals surface area contributed by atoms with E-state index >= 15 is 0 Å². The van der Waals surface area contributed by atoms with Gasteiger partial charge in [0.05, 0.1) is 12.6 Å². The third-order valence-electron chi connectivity index (χ3n) is 6.51. The summed E-state index contributed by atoms with van der Waals surface area (Å²) in [6, 6.07) is 17.6. The molecule has 0 aliphatic carbocycles. The van der Waals surface area contributed by atoms with Crippen LogP contribution in [0.15, 0.2) is 78.9 Å². The summed E-state index contributed by atoms with van der Waals surface area (Å²) in [7, 11) is 0. The second-order valence-electron chi connectivity index (χ2n) is 10.0. The van der Waals surface area contributed by atoms with Gasteiger partial charge in [-0.25, -0.2) is 0 Å². The Morgan fingerprint density at radius 3 is 1.59 bits per heavy atom. The molecule has 0 aliphatic heterocycles. The van der Waals surface area contributed by atoms with E-state index in [2.05, 4.69) is 21.3 Å². The molecular formula is C31H35N5O8. The lowest BCUT2D eigenvalue weighted by atomic mass is 10.0. The molecule has 0 saturated heterocycles. The van der Waals surface area contributed by atoms with Crippen LogP contribution in [-0.2, 0) is 43.2 Å². The lowest BCUT2D eigenvalue weighted by Gasteiger charge is -2.23. The highest BCUT2D eigenvalue weighted by atomic mass is 16.4. The van der Waals surface area contributed by atoms with Crippen LogP contribution in [0.5, 0.6) is 11.5 Å². The molecule has 0 saturated carbocycles. The summed E-state index contributed by atoms with van der Waals surface area (Å²) >= 11 is 0. The first-order chi connectivity index (χ1) is 21.0. The van der Waals surface area contributed by atoms with Gasteiger partial charge < -0.3 is 42.3 Å². The number of phenols is 2. The van der Waals surface area contributed by atoms with Crippen molar-refractivity contribution in [3.8, 4) is 11.5 Å². The van der Waals surface area contributed by atoms with E-state index in [1.807, 2.05) is 30.3 Å². The summed E-state index contributed by atoms with van der Waals surface area (Å²) in [6.07, 6.45) is 0.168. The second kappa shape index (κ2) is 16.3. The lowest BCUT2D eigenvalue weighted by Crippen LogP contribution is -2.56. The molecule has 3 rings (SSSR count). The average molecular weight is 606 g/mol. The van der Waals surface area contributed by atoms with Crippen molar-refractivity contribution < 1.29 is 39.3 Å². The number of carbonyl (C=O) groups is 5. The third-order valence-corrected chi connectivity index (χ3v) is 6.51. The highest BCUT2D eigenvalue weighted by Gasteiger charge is 2.28. The first-order valence-electron chi connectivity index (χ1n) is 13.7. The predicted molar refractivity (Wildman–Crippen MR) is 159 cm³/mol. The minimum absolute atomic E-state index is 0.00240. The van der Waals surface area contributed by atoms with Crippen LogP contribution in [0, 0.1) is 0 Å². The molecule has 0 radical (unpaired) electrons. The number of hydrogen-bond donors (Lipinski definition) is 8. The maximum absolute atomic E-state index is 13.5. The first-order valence-corrected chi connectivity index (χ1v) is 13.7. The minimum Gasteiger partial charge on any atom is -0.508 e. The summed E-state index contributed by atoms with van der Waals surface area (Å²) in [5.74, 6) is -4.08. The molecule has 3 atom stereocenters. The number of carbonyl (C=O) groups excluding carboxylic acids is 4. The molecule has 13 nitrogen and oxygen atoms in total. The molecule has 0 fully saturated rings. The number of aliphatic carboxylic acids is 1. The monoisotopic (exact) mass is 605 g/mol. The number of amides is 4. The lowest BCUT2D eigenvalue weighted by molar-refractivity contribution is -0.138. The fourth-order valence-electron chi connectivity index (χ4n) is 4.22. The number of nitrogens with two attached hydrogens (primary N) is 1. The molecule has 0 spiro atoms. The molecule has 0 aromatic heterocycles. The molecule has 0 unspecified atom stereocenters. The van der Waals surface area contributed by atoms with Gasteiger partial charge in [-0.15, -0.1) is 0 Å². The molecule has 3 aromatic carbocycles. The van der Waals surface area contributed by atoms with E-state index in [0.717, 1.165) is 5.56 Å². The van der Waals surface area contributed by atoms with E-state index in [1.165, 1.54) is 24.3 Å². The molecule has 9 N–H and O–H groups in total. The van der Waals surface area contributed by atoms with Crippen molar-refractivity contribution in [3.63, 3.8) is 0 Å². The topological polar surface area (TPSA) is 220 Å². The van der Waals surface area contributed by atoms with E-state index in [1.54, 1.807) is 24.3 Å². The Morgan fingerprint density at radius 1 is 0.591 bits per heavy atom. The number of aromatic hydroxyl groups is 2. The molecular weight excluding hydrogens is 570 g/mol. The maximum atomic E-state index is 13.5. The van der Waals surface area contributed by atoms with E-state index in [0.29, 0.717) is 11.1 Å². The van der Waals surface area contributed by atoms with Crippen molar-refractivity contribution in [2.24, 2.45) is 5.73 Å². The van der Waals surface area contributed by atoms with E-state index in [4.69, 9.17) is 10.8 Å². The van der Waals surface area contributed by atoms with E-state index in [9.17, 15) is 34.2 Å². The van der Waals surface area contributed by atoms with Crippen molar-refractivity contribution in [2.45, 2.75) is 37.4 Å². The summed E-state index contributed by atoms with van der Waals surface area (Å²) in [6.45, 7) is -1.16. The molecule has 3 aromatic rings. The van der Waals surface area contributed by atoms with Crippen LogP contribution in [0.3, 0.4) is 0 Å². The molecule has 13 heteroatoms. The van der Waals surface area contributed by atoms with Gasteiger partial charge in [0.1, 0.15) is 30.1 Å². The van der Waals surface area contributed by atoms with Gasteiger partial charge in [0.2, 0.25) is 23.6 Å². The van der Waals surface area contributed by atoms with Gasteiger partial charge in [0.15, 0.2) is 0 Å². The van der Waals surface area contributed by atoms with Gasteiger partial charge in [-0.05, 0) is 47.4 Å². The Hall–Kier alpha value is -5.43. The number of phenolic OH excluding ortho intramolecular Hbond substituents is 2. The number of benzene rings is 3. The summed E-state index contributed by atoms with van der Waals surface area (Å²) in [5, 5.41) is 38.0. The number of hydrogen-bond acceptors (Lipinski definition) is 8. The van der Waals surface area contributed by atoms with Crippen molar-refractivity contribution in [3.05, 3.63) is 95.6 Å². The van der Waals surface area contributed by atoms with Crippen molar-refractivity contribution in [2.75, 3.05) is 13.1 Å². The third kappa shape index (κ3) is 11.1. The van der Waals surface area contributed by atoms with E-state index < -0.39 is 60.8 Å². The summed E-state index contributed by atoms with van der Waals surface area (Å²) in [4.78, 5) is 62.7. The normalized spacial score (nSPS) is 12.7. The van der Waals surface area contributed by atoms with Crippen LogP contribution in [0.1, 0.15) is 16.7 Å². The van der Waals surface area contributed by atoms with Crippen molar-refractivity contribution in [1.29, 1.82) is 0 Å². The SMILES string of the molecule is N[C@@H](Cc1ccccc1)C(=O)NCC(=O)N[C@@H](Cc1ccc(O)cc1)C(=O)N[C@@H](Cc1ccc(O)cc1)C(=O)NCC(=O)O. The predicted octanol–water partition coefficient (Wildman–Crippen LogP) is -0.260. The largest absolute Gasteiger partial charge is 0.508 e. The van der Waals surface area contributed by atoms with Gasteiger partial charge in [-0.1, -0.05) is 54.6 Å². The molecule has 232 valence electrons. The summed E-state index contributed by atoms with van der Waals surface area (Å²) in [5.41, 5.74) is 7.96. The highest BCUT2D eigenvalue weighted by Crippen LogP contribution is 2.14. The Bertz CT molecular complexity index is 1430. The van der Waals surface area contributed by atoms with Crippen LogP contribution in [0.25, 0.3) is 0 Å². The van der Waals surface area contributed by atoms with Crippen molar-refractivity contribution >= 4 is 29.6 Å². The van der Waals surface area contributed by atoms with E-state index in [-0.39, 0.29) is 30.8 Å². The van der Waals surface area contributed by atoms with Crippen LogP contribution in [-0.4, -0.2) is 76.1 Å². The zero-order chi connectivity index (χ0) is 32.1. The molecule has 0 heterocycles. The van der Waals surface area contributed by atoms with Crippen LogP contribution >= 0.6 is 0 Å². The van der Waals surface area contributed by atoms with Crippen LogP contribution < -0.4 is 27.0 Å². The van der Waals surface area contributed by atoms with Gasteiger partial charge >= 0.3 is 5.97 Å². The average Bonchev–Trinajstić information content (AvgIpc) is 3.00. The molecule has 0 bridgehead atoms. The van der Waals surface area contributed by atoms with Gasteiger partial charge in [-0.3, -0.25) is 24.0 Å². The number of rotatable bonds is 15. The Kier molecular flexibility index (Phi) is 12.2. The van der Waals surface area contributed by atoms with Gasteiger partial charge in [-0.2, -0.15) is 0 Å². The Labute approximate surface area is 253 Å². The highest BCUT2D eigenvalue weighted by molar-refractivity contribution is 5.94. The number of carboxylic acids is 1. The summed E-state index contributed by atoms with van der Waals surface area (Å²) < 4.78 is 0. The molecule has 4 amide bonds. The van der Waals surface area contributed by atoms with Gasteiger partial charge in [0.25, 0.3) is 0 Å². The standard InChI is InChI=1S/C31H35N5O8/c32-24(14-19-4-2-1-3-5-19)29(42)33-17-27(39)35-26(16-21-8-12-23(38)13-9-21)31(44)36-25(30(43)34-18-28(40)41)15-20-6-10-22(37)11-7-20/h1-13,24-26,37-38H,14-18,32H2,(H,33,42)(H,34,43)(H,35,39)(H,36,44)(H,40,41)/t24-,25-,26-/m0/s1. The smallest absolute Gasteiger partial charge is 0.322 e. The first kappa shape index (κ1) is 33.1. The molecule has 44 heavy (non-hydrogen) atoms. The fourth-order valence-corrected chi connectivity index (χ4v) is 4.22. The Balaban J connectivity index is 1.71. The maximum Gasteiger partial charge on any atom is 0.322 e. The minimum atomic E-state index is -1.28. The van der Waals surface area contributed by atoms with Crippen LogP contribution in [0.2, 0.25) is 0 Å². The van der Waals surface area contributed by atoms with Gasteiger partial charge in [0, 0.05) is 12.8 Å². The number of nitrogens with one attached hydrogen (secondary N) is 4. The fraction of sp³-hybridized carbons (Fsp3) is 0.258. The van der Waals surface area contributed by atoms with Crippen molar-refractivity contribution in [1.82, 2.24) is 21.3 Å². The number of carboxylic acid groups (broad SMARTS) is 1. The Morgan fingerprint density at radius 2 is 1.07 bits per heavy atom. The zero-order valence-electron chi connectivity index (χ0n) is 23.7. The molecule has 0 aliphatic rings. The second-order valence-corrected chi connectivity index (χ2v) is 10.0. The quantitative estimate of drug-likeness (QED) is 0.114. The van der Waals surface area contributed by atoms with Crippen LogP contribution in [0.4, 0.5) is 0 Å². The zero-order valence-corrected chi connectivity index (χ0v) is 23.7.